The van der Waals surface area contributed by atoms with Gasteiger partial charge < -0.3 is 15.0 Å². The summed E-state index contributed by atoms with van der Waals surface area (Å²) >= 11 is 0. The minimum Gasteiger partial charge on any atom is -0.378 e. The van der Waals surface area contributed by atoms with Crippen molar-refractivity contribution in [3.8, 4) is 0 Å². The van der Waals surface area contributed by atoms with Crippen LogP contribution < -0.4 is 10.2 Å². The second-order valence-electron chi connectivity index (χ2n) is 7.34. The Morgan fingerprint density at radius 2 is 1.91 bits per heavy atom. The first-order valence-corrected chi connectivity index (χ1v) is 8.23. The molecule has 0 unspecified atom stereocenters. The summed E-state index contributed by atoms with van der Waals surface area (Å²) in [6.07, 6.45) is 2.05. The number of ether oxygens (including phenoxy) is 1. The Bertz CT molecular complexity index is 553. The molecular weight excluding hydrogens is 276 g/mol. The van der Waals surface area contributed by atoms with Crippen LogP contribution in [0.5, 0.6) is 0 Å². The van der Waals surface area contributed by atoms with Gasteiger partial charge in [-0.2, -0.15) is 0 Å². The average Bonchev–Trinajstić information content (AvgIpc) is 3.32. The summed E-state index contributed by atoms with van der Waals surface area (Å²) in [5.74, 6) is 0.386. The van der Waals surface area contributed by atoms with Gasteiger partial charge >= 0.3 is 0 Å². The molecule has 0 spiro atoms. The topological polar surface area (TPSA) is 41.6 Å². The van der Waals surface area contributed by atoms with E-state index in [1.54, 1.807) is 0 Å². The highest BCUT2D eigenvalue weighted by Crippen LogP contribution is 2.35. The third kappa shape index (κ3) is 3.43. The highest BCUT2D eigenvalue weighted by molar-refractivity contribution is 5.97. The number of hydrogen-bond acceptors (Lipinski definition) is 3. The molecule has 2 fully saturated rings. The van der Waals surface area contributed by atoms with Crippen LogP contribution in [-0.4, -0.2) is 32.2 Å². The number of carbonyl (C=O) groups is 1. The maximum absolute atomic E-state index is 12.2. The van der Waals surface area contributed by atoms with E-state index in [0.717, 1.165) is 50.5 Å². The lowest BCUT2D eigenvalue weighted by Crippen LogP contribution is -2.37. The highest BCUT2D eigenvalue weighted by atomic mass is 16.5. The Morgan fingerprint density at radius 3 is 2.50 bits per heavy atom. The zero-order valence-corrected chi connectivity index (χ0v) is 13.8. The second kappa shape index (κ2) is 5.92. The van der Waals surface area contributed by atoms with Crippen molar-refractivity contribution in [3.63, 3.8) is 0 Å². The molecule has 4 nitrogen and oxygen atoms in total. The van der Waals surface area contributed by atoms with E-state index in [4.69, 9.17) is 4.74 Å². The second-order valence-corrected chi connectivity index (χ2v) is 7.34. The lowest BCUT2D eigenvalue weighted by molar-refractivity contribution is -0.117. The van der Waals surface area contributed by atoms with Crippen molar-refractivity contribution in [2.75, 3.05) is 36.5 Å². The number of nitrogens with one attached hydrogen (secondary N) is 1. The molecule has 0 aromatic heterocycles. The van der Waals surface area contributed by atoms with E-state index < -0.39 is 0 Å². The standard InChI is InChI=1S/C18H26N2O2/c1-18(2,3)14-6-7-16(20-8-10-22-11-9-20)15(12-14)19-17(21)13-4-5-13/h6-7,12-13H,4-5,8-11H2,1-3H3,(H,19,21). The molecular formula is C18H26N2O2. The summed E-state index contributed by atoms with van der Waals surface area (Å²) in [5.41, 5.74) is 3.38. The van der Waals surface area contributed by atoms with Gasteiger partial charge in [-0.05, 0) is 36.0 Å². The van der Waals surface area contributed by atoms with Crippen LogP contribution in [0.15, 0.2) is 18.2 Å². The summed E-state index contributed by atoms with van der Waals surface area (Å²) in [7, 11) is 0. The minimum absolute atomic E-state index is 0.0720. The fraction of sp³-hybridized carbons (Fsp3) is 0.611. The molecule has 1 N–H and O–H groups in total. The van der Waals surface area contributed by atoms with Crippen LogP contribution >= 0.6 is 0 Å². The molecule has 1 aromatic rings. The van der Waals surface area contributed by atoms with Gasteiger partial charge in [0.05, 0.1) is 24.6 Å². The normalized spacial score (nSPS) is 19.1. The van der Waals surface area contributed by atoms with E-state index in [1.807, 2.05) is 0 Å². The summed E-state index contributed by atoms with van der Waals surface area (Å²) in [6, 6.07) is 6.47. The average molecular weight is 302 g/mol. The molecule has 1 heterocycles. The number of benzene rings is 1. The van der Waals surface area contributed by atoms with E-state index in [0.29, 0.717) is 0 Å². The number of anilines is 2. The molecule has 1 aliphatic heterocycles. The van der Waals surface area contributed by atoms with Crippen molar-refractivity contribution in [2.24, 2.45) is 5.92 Å². The van der Waals surface area contributed by atoms with Gasteiger partial charge in [-0.3, -0.25) is 4.79 Å². The molecule has 0 atom stereocenters. The third-order valence-electron chi connectivity index (χ3n) is 4.42. The van der Waals surface area contributed by atoms with Gasteiger partial charge in [0.15, 0.2) is 0 Å². The van der Waals surface area contributed by atoms with Crippen molar-refractivity contribution in [1.29, 1.82) is 0 Å². The van der Waals surface area contributed by atoms with E-state index in [2.05, 4.69) is 49.2 Å². The van der Waals surface area contributed by atoms with Crippen LogP contribution in [0, 0.1) is 5.92 Å². The molecule has 2 aliphatic rings. The van der Waals surface area contributed by atoms with Gasteiger partial charge in [0.25, 0.3) is 0 Å². The van der Waals surface area contributed by atoms with Gasteiger partial charge in [0, 0.05) is 19.0 Å². The first-order chi connectivity index (χ1) is 10.4. The molecule has 1 saturated heterocycles. The predicted molar refractivity (Wildman–Crippen MR) is 89.5 cm³/mol. The molecule has 0 bridgehead atoms. The van der Waals surface area contributed by atoms with Gasteiger partial charge in [0.1, 0.15) is 0 Å². The van der Waals surface area contributed by atoms with Gasteiger partial charge in [-0.1, -0.05) is 26.8 Å². The Labute approximate surface area is 132 Å². The fourth-order valence-electron chi connectivity index (χ4n) is 2.76. The van der Waals surface area contributed by atoms with Crippen molar-refractivity contribution in [3.05, 3.63) is 23.8 Å². The van der Waals surface area contributed by atoms with Gasteiger partial charge in [0.2, 0.25) is 5.91 Å². The van der Waals surface area contributed by atoms with Gasteiger partial charge in [-0.15, -0.1) is 0 Å². The van der Waals surface area contributed by atoms with E-state index in [-0.39, 0.29) is 17.2 Å². The van der Waals surface area contributed by atoms with Crippen LogP contribution in [0.25, 0.3) is 0 Å². The quantitative estimate of drug-likeness (QED) is 0.932. The summed E-state index contributed by atoms with van der Waals surface area (Å²) < 4.78 is 5.44. The monoisotopic (exact) mass is 302 g/mol. The van der Waals surface area contributed by atoms with Crippen molar-refractivity contribution in [2.45, 2.75) is 39.0 Å². The molecule has 1 aliphatic carbocycles. The number of rotatable bonds is 3. The Balaban J connectivity index is 1.90. The molecule has 120 valence electrons. The smallest absolute Gasteiger partial charge is 0.227 e. The van der Waals surface area contributed by atoms with E-state index in [9.17, 15) is 4.79 Å². The van der Waals surface area contributed by atoms with Crippen LogP contribution in [0.2, 0.25) is 0 Å². The molecule has 4 heteroatoms. The number of carbonyl (C=O) groups excluding carboxylic acids is 1. The lowest BCUT2D eigenvalue weighted by atomic mass is 9.86. The van der Waals surface area contributed by atoms with Gasteiger partial charge in [-0.25, -0.2) is 0 Å². The SMILES string of the molecule is CC(C)(C)c1ccc(N2CCOCC2)c(NC(=O)C2CC2)c1. The van der Waals surface area contributed by atoms with Crippen LogP contribution in [0.4, 0.5) is 11.4 Å². The number of morpholine rings is 1. The summed E-state index contributed by atoms with van der Waals surface area (Å²) in [6.45, 7) is 9.84. The minimum atomic E-state index is 0.0720. The van der Waals surface area contributed by atoms with E-state index in [1.165, 1.54) is 5.56 Å². The van der Waals surface area contributed by atoms with Crippen molar-refractivity contribution >= 4 is 17.3 Å². The molecule has 3 rings (SSSR count). The maximum Gasteiger partial charge on any atom is 0.227 e. The molecule has 22 heavy (non-hydrogen) atoms. The highest BCUT2D eigenvalue weighted by Gasteiger charge is 2.30. The third-order valence-corrected chi connectivity index (χ3v) is 4.42. The van der Waals surface area contributed by atoms with Crippen LogP contribution in [-0.2, 0) is 14.9 Å². The molecule has 0 radical (unpaired) electrons. The Kier molecular flexibility index (Phi) is 4.13. The van der Waals surface area contributed by atoms with E-state index >= 15 is 0 Å². The summed E-state index contributed by atoms with van der Waals surface area (Å²) in [5, 5.41) is 3.16. The largest absolute Gasteiger partial charge is 0.378 e. The first kappa shape index (κ1) is 15.3. The predicted octanol–water partition coefficient (Wildman–Crippen LogP) is 3.17. The Hall–Kier alpha value is -1.55. The Morgan fingerprint density at radius 1 is 1.23 bits per heavy atom. The molecule has 1 saturated carbocycles. The molecule has 1 amide bonds. The lowest BCUT2D eigenvalue weighted by Gasteiger charge is -2.31. The zero-order chi connectivity index (χ0) is 15.7. The summed E-state index contributed by atoms with van der Waals surface area (Å²) in [4.78, 5) is 14.5. The number of amides is 1. The van der Waals surface area contributed by atoms with Crippen LogP contribution in [0.1, 0.15) is 39.2 Å². The number of hydrogen-bond donors (Lipinski definition) is 1. The number of nitrogens with zero attached hydrogens (tertiary/aromatic N) is 1. The maximum atomic E-state index is 12.2. The zero-order valence-electron chi connectivity index (χ0n) is 13.8. The first-order valence-electron chi connectivity index (χ1n) is 8.23. The van der Waals surface area contributed by atoms with Crippen molar-refractivity contribution in [1.82, 2.24) is 0 Å². The van der Waals surface area contributed by atoms with Crippen molar-refractivity contribution < 1.29 is 9.53 Å². The van der Waals surface area contributed by atoms with Crippen LogP contribution in [0.3, 0.4) is 0 Å². The fourth-order valence-corrected chi connectivity index (χ4v) is 2.76. The molecule has 1 aromatic carbocycles.